The third kappa shape index (κ3) is 4.37. The molecule has 116 valence electrons. The summed E-state index contributed by atoms with van der Waals surface area (Å²) < 4.78 is 14.6. The molecule has 3 nitrogen and oxygen atoms in total. The summed E-state index contributed by atoms with van der Waals surface area (Å²) >= 11 is 8.11. The molecule has 1 unspecified atom stereocenters. The van der Waals surface area contributed by atoms with Gasteiger partial charge in [0, 0.05) is 18.7 Å². The Kier molecular flexibility index (Phi) is 5.96. The van der Waals surface area contributed by atoms with Gasteiger partial charge in [0.05, 0.1) is 10.2 Å². The number of likely N-dealkylation sites (tertiary alicyclic amines) is 1. The van der Waals surface area contributed by atoms with Crippen molar-refractivity contribution in [2.24, 2.45) is 11.7 Å². The van der Waals surface area contributed by atoms with Crippen LogP contribution in [0.4, 0.5) is 10.1 Å². The fourth-order valence-corrected chi connectivity index (χ4v) is 3.49. The first-order valence-corrected chi connectivity index (χ1v) is 8.43. The van der Waals surface area contributed by atoms with Crippen molar-refractivity contribution in [3.05, 3.63) is 28.0 Å². The molecule has 0 saturated carbocycles. The van der Waals surface area contributed by atoms with Crippen LogP contribution in [0.5, 0.6) is 0 Å². The Morgan fingerprint density at radius 1 is 1.48 bits per heavy atom. The first-order chi connectivity index (χ1) is 9.99. The van der Waals surface area contributed by atoms with Crippen LogP contribution >= 0.6 is 28.1 Å². The molecule has 1 aliphatic rings. The molecule has 1 aliphatic heterocycles. The number of rotatable bonds is 6. The molecule has 1 aromatic carbocycles. The van der Waals surface area contributed by atoms with Gasteiger partial charge >= 0.3 is 0 Å². The number of benzene rings is 1. The predicted molar refractivity (Wildman–Crippen MR) is 93.3 cm³/mol. The van der Waals surface area contributed by atoms with E-state index < -0.39 is 0 Å². The van der Waals surface area contributed by atoms with E-state index in [1.54, 1.807) is 12.1 Å². The van der Waals surface area contributed by atoms with Gasteiger partial charge in [0.25, 0.3) is 0 Å². The topological polar surface area (TPSA) is 41.3 Å². The molecule has 1 heterocycles. The zero-order chi connectivity index (χ0) is 15.4. The van der Waals surface area contributed by atoms with Gasteiger partial charge in [-0.3, -0.25) is 0 Å². The largest absolute Gasteiger partial charge is 0.389 e. The van der Waals surface area contributed by atoms with E-state index in [0.29, 0.717) is 21.6 Å². The molecule has 21 heavy (non-hydrogen) atoms. The summed E-state index contributed by atoms with van der Waals surface area (Å²) in [5.74, 6) is 0.130. The minimum absolute atomic E-state index is 0.190. The van der Waals surface area contributed by atoms with Gasteiger partial charge in [0.15, 0.2) is 5.82 Å². The minimum atomic E-state index is -0.339. The molecular formula is C15H21BrFN3S. The Labute approximate surface area is 139 Å². The van der Waals surface area contributed by atoms with Crippen LogP contribution in [-0.2, 0) is 0 Å². The van der Waals surface area contributed by atoms with Crippen LogP contribution in [0.15, 0.2) is 16.6 Å². The maximum Gasteiger partial charge on any atom is 0.161 e. The Balaban J connectivity index is 1.93. The predicted octanol–water partition coefficient (Wildman–Crippen LogP) is 3.37. The lowest BCUT2D eigenvalue weighted by Gasteiger charge is -2.21. The molecule has 3 N–H and O–H groups in total. The Morgan fingerprint density at radius 3 is 2.76 bits per heavy atom. The van der Waals surface area contributed by atoms with E-state index in [4.69, 9.17) is 18.0 Å². The number of anilines is 1. The third-order valence-corrected chi connectivity index (χ3v) is 4.75. The highest BCUT2D eigenvalue weighted by atomic mass is 79.9. The number of nitrogens with one attached hydrogen (secondary N) is 1. The molecule has 0 aliphatic carbocycles. The van der Waals surface area contributed by atoms with Crippen LogP contribution in [0, 0.1) is 11.7 Å². The Morgan fingerprint density at radius 2 is 2.14 bits per heavy atom. The standard InChI is InChI=1S/C15H21BrFN3S/c1-10(9-20-6-2-3-7-20)8-19-12-5-4-11(15(18)21)13(16)14(12)17/h4-5,10,19H,2-3,6-9H2,1H3,(H2,18,21). The van der Waals surface area contributed by atoms with Crippen molar-refractivity contribution in [3.63, 3.8) is 0 Å². The average molecular weight is 374 g/mol. The van der Waals surface area contributed by atoms with Gasteiger partial charge in [-0.15, -0.1) is 0 Å². The van der Waals surface area contributed by atoms with Crippen molar-refractivity contribution in [1.82, 2.24) is 4.90 Å². The van der Waals surface area contributed by atoms with Gasteiger partial charge in [0.1, 0.15) is 4.99 Å². The molecule has 0 bridgehead atoms. The molecule has 1 aromatic rings. The maximum absolute atomic E-state index is 14.2. The second-order valence-corrected chi connectivity index (χ2v) is 6.88. The number of halogens is 2. The van der Waals surface area contributed by atoms with Gasteiger partial charge in [-0.1, -0.05) is 19.1 Å². The monoisotopic (exact) mass is 373 g/mol. The molecule has 1 atom stereocenters. The summed E-state index contributed by atoms with van der Waals surface area (Å²) in [7, 11) is 0. The lowest BCUT2D eigenvalue weighted by atomic mass is 10.1. The molecule has 1 fully saturated rings. The molecule has 0 aromatic heterocycles. The maximum atomic E-state index is 14.2. The normalized spacial score (nSPS) is 16.9. The van der Waals surface area contributed by atoms with Crippen molar-refractivity contribution in [1.29, 1.82) is 0 Å². The lowest BCUT2D eigenvalue weighted by Crippen LogP contribution is -2.29. The van der Waals surface area contributed by atoms with E-state index >= 15 is 0 Å². The number of thiocarbonyl (C=S) groups is 1. The van der Waals surface area contributed by atoms with Gasteiger partial charge in [-0.05, 0) is 59.9 Å². The molecule has 1 saturated heterocycles. The molecule has 0 amide bonds. The van der Waals surface area contributed by atoms with Gasteiger partial charge in [-0.2, -0.15) is 0 Å². The molecular weight excluding hydrogens is 353 g/mol. The highest BCUT2D eigenvalue weighted by Gasteiger charge is 2.16. The zero-order valence-corrected chi connectivity index (χ0v) is 14.6. The van der Waals surface area contributed by atoms with E-state index in [0.717, 1.165) is 13.1 Å². The summed E-state index contributed by atoms with van der Waals surface area (Å²) in [5.41, 5.74) is 6.56. The van der Waals surface area contributed by atoms with Crippen LogP contribution in [0.2, 0.25) is 0 Å². The van der Waals surface area contributed by atoms with E-state index in [1.807, 2.05) is 0 Å². The van der Waals surface area contributed by atoms with Crippen molar-refractivity contribution in [2.45, 2.75) is 19.8 Å². The first-order valence-electron chi connectivity index (χ1n) is 7.23. The fourth-order valence-electron chi connectivity index (χ4n) is 2.63. The molecule has 0 radical (unpaired) electrons. The molecule has 0 spiro atoms. The van der Waals surface area contributed by atoms with E-state index in [1.165, 1.54) is 25.9 Å². The quantitative estimate of drug-likeness (QED) is 0.750. The Bertz CT molecular complexity index is 518. The Hall–Kier alpha value is -0.720. The van der Waals surface area contributed by atoms with Crippen molar-refractivity contribution in [3.8, 4) is 0 Å². The SMILES string of the molecule is CC(CNc1ccc(C(N)=S)c(Br)c1F)CN1CCCC1. The highest BCUT2D eigenvalue weighted by Crippen LogP contribution is 2.27. The second-order valence-electron chi connectivity index (χ2n) is 5.65. The molecule has 2 rings (SSSR count). The minimum Gasteiger partial charge on any atom is -0.389 e. The lowest BCUT2D eigenvalue weighted by molar-refractivity contribution is 0.294. The summed E-state index contributed by atoms with van der Waals surface area (Å²) in [6.45, 7) is 6.36. The van der Waals surface area contributed by atoms with Crippen LogP contribution < -0.4 is 11.1 Å². The summed E-state index contributed by atoms with van der Waals surface area (Å²) in [5, 5.41) is 3.18. The smallest absolute Gasteiger partial charge is 0.161 e. The van der Waals surface area contributed by atoms with E-state index in [9.17, 15) is 4.39 Å². The van der Waals surface area contributed by atoms with Crippen LogP contribution in [0.25, 0.3) is 0 Å². The van der Waals surface area contributed by atoms with Crippen molar-refractivity contribution < 1.29 is 4.39 Å². The fraction of sp³-hybridized carbons (Fsp3) is 0.533. The van der Waals surface area contributed by atoms with Gasteiger partial charge < -0.3 is 16.0 Å². The van der Waals surface area contributed by atoms with Crippen LogP contribution in [0.1, 0.15) is 25.3 Å². The van der Waals surface area contributed by atoms with Crippen molar-refractivity contribution in [2.75, 3.05) is 31.5 Å². The van der Waals surface area contributed by atoms with E-state index in [2.05, 4.69) is 33.1 Å². The number of hydrogen-bond donors (Lipinski definition) is 2. The highest BCUT2D eigenvalue weighted by molar-refractivity contribution is 9.10. The average Bonchev–Trinajstić information content (AvgIpc) is 2.93. The van der Waals surface area contributed by atoms with Gasteiger partial charge in [-0.25, -0.2) is 4.39 Å². The summed E-state index contributed by atoms with van der Waals surface area (Å²) in [4.78, 5) is 2.66. The number of nitrogens with zero attached hydrogens (tertiary/aromatic N) is 1. The second kappa shape index (κ2) is 7.51. The molecule has 6 heteroatoms. The number of hydrogen-bond acceptors (Lipinski definition) is 3. The number of nitrogens with two attached hydrogens (primary N) is 1. The van der Waals surface area contributed by atoms with Crippen LogP contribution in [0.3, 0.4) is 0 Å². The first kappa shape index (κ1) is 16.6. The summed E-state index contributed by atoms with van der Waals surface area (Å²) in [6.07, 6.45) is 2.59. The summed E-state index contributed by atoms with van der Waals surface area (Å²) in [6, 6.07) is 3.43. The zero-order valence-electron chi connectivity index (χ0n) is 12.2. The van der Waals surface area contributed by atoms with E-state index in [-0.39, 0.29) is 10.8 Å². The van der Waals surface area contributed by atoms with Gasteiger partial charge in [0.2, 0.25) is 0 Å². The van der Waals surface area contributed by atoms with Crippen molar-refractivity contribution >= 4 is 38.8 Å². The third-order valence-electron chi connectivity index (χ3n) is 3.76. The van der Waals surface area contributed by atoms with Crippen LogP contribution in [-0.4, -0.2) is 36.1 Å².